The zero-order chi connectivity index (χ0) is 20.2. The number of carbonyl (C=O) groups excluding carboxylic acids is 1. The molecular formula is C22H17N3O3S. The van der Waals surface area contributed by atoms with Crippen LogP contribution in [-0.2, 0) is 6.54 Å². The smallest absolute Gasteiger partial charge is 0.321 e. The van der Waals surface area contributed by atoms with Gasteiger partial charge < -0.3 is 10.3 Å². The average Bonchev–Trinajstić information content (AvgIpc) is 3.25. The molecule has 0 saturated heterocycles. The molecule has 7 heteroatoms. The number of para-hydroxylation sites is 1. The highest BCUT2D eigenvalue weighted by molar-refractivity contribution is 7.09. The van der Waals surface area contributed by atoms with E-state index in [4.69, 9.17) is 0 Å². The number of H-pyrrole nitrogens is 1. The normalized spacial score (nSPS) is 10.6. The van der Waals surface area contributed by atoms with Crippen LogP contribution in [0.3, 0.4) is 0 Å². The Bertz CT molecular complexity index is 1260. The number of rotatable bonds is 5. The van der Waals surface area contributed by atoms with E-state index in [1.54, 1.807) is 6.07 Å². The Hall–Kier alpha value is -3.71. The molecule has 0 bridgehead atoms. The molecule has 0 aliphatic rings. The number of hydrogen-bond donors (Lipinski definition) is 2. The van der Waals surface area contributed by atoms with Crippen LogP contribution in [0.5, 0.6) is 0 Å². The molecular weight excluding hydrogens is 386 g/mol. The summed E-state index contributed by atoms with van der Waals surface area (Å²) in [5, 5.41) is 4.67. The number of benzene rings is 2. The second kappa shape index (κ2) is 8.12. The van der Waals surface area contributed by atoms with Crippen LogP contribution >= 0.6 is 11.3 Å². The fourth-order valence-corrected chi connectivity index (χ4v) is 3.72. The number of thiophene rings is 1. The second-order valence-electron chi connectivity index (χ2n) is 6.34. The van der Waals surface area contributed by atoms with E-state index in [1.165, 1.54) is 11.3 Å². The monoisotopic (exact) mass is 403 g/mol. The molecule has 0 unspecified atom stereocenters. The number of amides is 1. The minimum absolute atomic E-state index is 0.119. The van der Waals surface area contributed by atoms with Crippen LogP contribution in [0.15, 0.2) is 87.9 Å². The molecule has 144 valence electrons. The zero-order valence-electron chi connectivity index (χ0n) is 15.3. The lowest BCUT2D eigenvalue weighted by atomic mass is 10.0. The Labute approximate surface area is 170 Å². The number of anilines is 1. The van der Waals surface area contributed by atoms with E-state index in [9.17, 15) is 14.4 Å². The Morgan fingerprint density at radius 3 is 2.48 bits per heavy atom. The fourth-order valence-electron chi connectivity index (χ4n) is 3.03. The largest absolute Gasteiger partial charge is 0.328 e. The van der Waals surface area contributed by atoms with Crippen molar-refractivity contribution in [3.63, 3.8) is 0 Å². The molecule has 0 aliphatic heterocycles. The number of aromatic amines is 1. The van der Waals surface area contributed by atoms with Crippen molar-refractivity contribution in [1.29, 1.82) is 0 Å². The standard InChI is InChI=1S/C22H17N3O3S/c26-20(24-19-11-5-4-10-17(19)15-7-2-1-3-8-15)18-13-23-22(28)25(21(18)27)14-16-9-6-12-29-16/h1-13H,14H2,(H,23,28)(H,24,26). The van der Waals surface area contributed by atoms with Crippen LogP contribution in [0.4, 0.5) is 5.69 Å². The van der Waals surface area contributed by atoms with Crippen molar-refractivity contribution in [2.75, 3.05) is 5.32 Å². The predicted molar refractivity (Wildman–Crippen MR) is 115 cm³/mol. The van der Waals surface area contributed by atoms with Gasteiger partial charge in [-0.1, -0.05) is 54.6 Å². The van der Waals surface area contributed by atoms with Gasteiger partial charge in [0.15, 0.2) is 0 Å². The molecule has 29 heavy (non-hydrogen) atoms. The van der Waals surface area contributed by atoms with Crippen LogP contribution in [0.1, 0.15) is 15.2 Å². The molecule has 0 spiro atoms. The van der Waals surface area contributed by atoms with Crippen molar-refractivity contribution < 1.29 is 4.79 Å². The number of carbonyl (C=O) groups is 1. The van der Waals surface area contributed by atoms with Gasteiger partial charge in [0.2, 0.25) is 0 Å². The van der Waals surface area contributed by atoms with Gasteiger partial charge >= 0.3 is 5.69 Å². The summed E-state index contributed by atoms with van der Waals surface area (Å²) in [5.74, 6) is -0.574. The quantitative estimate of drug-likeness (QED) is 0.534. The maximum atomic E-state index is 12.8. The number of nitrogens with zero attached hydrogens (tertiary/aromatic N) is 1. The molecule has 4 rings (SSSR count). The summed E-state index contributed by atoms with van der Waals surface area (Å²) in [6, 6.07) is 20.7. The minimum atomic E-state index is -0.628. The maximum absolute atomic E-state index is 12.8. The zero-order valence-corrected chi connectivity index (χ0v) is 16.1. The first-order valence-corrected chi connectivity index (χ1v) is 9.82. The van der Waals surface area contributed by atoms with Gasteiger partial charge in [-0.3, -0.25) is 14.2 Å². The number of aromatic nitrogens is 2. The lowest BCUT2D eigenvalue weighted by Gasteiger charge is -2.12. The highest BCUT2D eigenvalue weighted by atomic mass is 32.1. The maximum Gasteiger partial charge on any atom is 0.328 e. The van der Waals surface area contributed by atoms with Gasteiger partial charge in [-0.05, 0) is 23.1 Å². The van der Waals surface area contributed by atoms with Gasteiger partial charge in [0, 0.05) is 22.3 Å². The van der Waals surface area contributed by atoms with Crippen molar-refractivity contribution in [3.05, 3.63) is 110 Å². The molecule has 2 aromatic heterocycles. The van der Waals surface area contributed by atoms with E-state index in [-0.39, 0.29) is 12.1 Å². The topological polar surface area (TPSA) is 84.0 Å². The van der Waals surface area contributed by atoms with Crippen molar-refractivity contribution in [2.24, 2.45) is 0 Å². The molecule has 2 heterocycles. The molecule has 6 nitrogen and oxygen atoms in total. The molecule has 0 saturated carbocycles. The fraction of sp³-hybridized carbons (Fsp3) is 0.0455. The van der Waals surface area contributed by atoms with Gasteiger partial charge in [-0.25, -0.2) is 4.79 Å². The Morgan fingerprint density at radius 1 is 0.966 bits per heavy atom. The molecule has 4 aromatic rings. The van der Waals surface area contributed by atoms with Gasteiger partial charge in [0.25, 0.3) is 11.5 Å². The van der Waals surface area contributed by atoms with Gasteiger partial charge in [0.1, 0.15) is 5.56 Å². The highest BCUT2D eigenvalue weighted by Gasteiger charge is 2.17. The summed E-state index contributed by atoms with van der Waals surface area (Å²) in [7, 11) is 0. The van der Waals surface area contributed by atoms with Gasteiger partial charge in [-0.2, -0.15) is 0 Å². The predicted octanol–water partition coefficient (Wildman–Crippen LogP) is 3.57. The van der Waals surface area contributed by atoms with Crippen LogP contribution < -0.4 is 16.6 Å². The lowest BCUT2D eigenvalue weighted by Crippen LogP contribution is -2.39. The van der Waals surface area contributed by atoms with E-state index in [1.807, 2.05) is 66.0 Å². The van der Waals surface area contributed by atoms with Crippen LogP contribution in [-0.4, -0.2) is 15.5 Å². The summed E-state index contributed by atoms with van der Waals surface area (Å²) >= 11 is 1.44. The Balaban J connectivity index is 1.67. The minimum Gasteiger partial charge on any atom is -0.321 e. The van der Waals surface area contributed by atoms with Crippen molar-refractivity contribution in [2.45, 2.75) is 6.54 Å². The van der Waals surface area contributed by atoms with E-state index in [2.05, 4.69) is 10.3 Å². The Morgan fingerprint density at radius 2 is 1.72 bits per heavy atom. The van der Waals surface area contributed by atoms with Crippen LogP contribution in [0, 0.1) is 0 Å². The van der Waals surface area contributed by atoms with Gasteiger partial charge in [0.05, 0.1) is 6.54 Å². The third-order valence-electron chi connectivity index (χ3n) is 4.46. The molecule has 0 fully saturated rings. The first-order chi connectivity index (χ1) is 14.1. The third-order valence-corrected chi connectivity index (χ3v) is 5.32. The summed E-state index contributed by atoms with van der Waals surface area (Å²) in [4.78, 5) is 41.1. The van der Waals surface area contributed by atoms with E-state index < -0.39 is 17.2 Å². The van der Waals surface area contributed by atoms with Crippen LogP contribution in [0.2, 0.25) is 0 Å². The Kier molecular flexibility index (Phi) is 5.22. The van der Waals surface area contributed by atoms with Gasteiger partial charge in [-0.15, -0.1) is 11.3 Å². The third kappa shape index (κ3) is 3.95. The van der Waals surface area contributed by atoms with E-state index in [0.717, 1.165) is 26.8 Å². The van der Waals surface area contributed by atoms with E-state index >= 15 is 0 Å². The summed E-state index contributed by atoms with van der Waals surface area (Å²) < 4.78 is 1.03. The van der Waals surface area contributed by atoms with Crippen molar-refractivity contribution >= 4 is 22.9 Å². The summed E-state index contributed by atoms with van der Waals surface area (Å²) in [6.45, 7) is 0.119. The van der Waals surface area contributed by atoms with E-state index in [0.29, 0.717) is 5.69 Å². The SMILES string of the molecule is O=C(Nc1ccccc1-c1ccccc1)c1c[nH]c(=O)n(Cc2cccs2)c1=O. The number of hydrogen-bond acceptors (Lipinski definition) is 4. The first kappa shape index (κ1) is 18.6. The second-order valence-corrected chi connectivity index (χ2v) is 7.38. The molecule has 2 N–H and O–H groups in total. The molecule has 0 radical (unpaired) electrons. The first-order valence-electron chi connectivity index (χ1n) is 8.94. The molecule has 2 aromatic carbocycles. The summed E-state index contributed by atoms with van der Waals surface area (Å²) in [5.41, 5.74) is 1.06. The van der Waals surface area contributed by atoms with Crippen LogP contribution in [0.25, 0.3) is 11.1 Å². The molecule has 1 amide bonds. The van der Waals surface area contributed by atoms with Crippen molar-refractivity contribution in [3.8, 4) is 11.1 Å². The summed E-state index contributed by atoms with van der Waals surface area (Å²) in [6.07, 6.45) is 1.16. The lowest BCUT2D eigenvalue weighted by molar-refractivity contribution is 0.102. The number of nitrogens with one attached hydrogen (secondary N) is 2. The highest BCUT2D eigenvalue weighted by Crippen LogP contribution is 2.27. The van der Waals surface area contributed by atoms with Crippen molar-refractivity contribution in [1.82, 2.24) is 9.55 Å². The molecule has 0 aliphatic carbocycles. The molecule has 0 atom stereocenters. The average molecular weight is 403 g/mol.